The van der Waals surface area contributed by atoms with E-state index in [0.717, 1.165) is 12.4 Å². The lowest BCUT2D eigenvalue weighted by molar-refractivity contribution is 0.566. The SMILES string of the molecule is CCCCC(C)Nc1ccnn1CCCC. The van der Waals surface area contributed by atoms with Crippen molar-refractivity contribution in [2.75, 3.05) is 5.32 Å². The van der Waals surface area contributed by atoms with E-state index in [9.17, 15) is 0 Å². The lowest BCUT2D eigenvalue weighted by Gasteiger charge is -2.15. The number of rotatable bonds is 8. The first kappa shape index (κ1) is 13.1. The van der Waals surface area contributed by atoms with Gasteiger partial charge in [-0.3, -0.25) is 0 Å². The fraction of sp³-hybridized carbons (Fsp3) is 0.769. The molecule has 1 aromatic rings. The molecule has 1 heterocycles. The second-order valence-electron chi connectivity index (χ2n) is 4.48. The van der Waals surface area contributed by atoms with E-state index in [-0.39, 0.29) is 0 Å². The third-order valence-electron chi connectivity index (χ3n) is 2.82. The Morgan fingerprint density at radius 1 is 1.31 bits per heavy atom. The molecule has 1 N–H and O–H groups in total. The Morgan fingerprint density at radius 3 is 2.75 bits per heavy atom. The number of aromatic nitrogens is 2. The predicted octanol–water partition coefficient (Wildman–Crippen LogP) is 3.67. The van der Waals surface area contributed by atoms with Crippen molar-refractivity contribution in [2.24, 2.45) is 0 Å². The first-order valence-electron chi connectivity index (χ1n) is 6.56. The van der Waals surface area contributed by atoms with Crippen LogP contribution >= 0.6 is 0 Å². The number of nitrogens with one attached hydrogen (secondary N) is 1. The first-order valence-corrected chi connectivity index (χ1v) is 6.56. The summed E-state index contributed by atoms with van der Waals surface area (Å²) in [4.78, 5) is 0. The van der Waals surface area contributed by atoms with E-state index in [1.54, 1.807) is 0 Å². The number of hydrogen-bond donors (Lipinski definition) is 1. The summed E-state index contributed by atoms with van der Waals surface area (Å²) in [7, 11) is 0. The van der Waals surface area contributed by atoms with E-state index in [2.05, 4.69) is 41.9 Å². The number of unbranched alkanes of at least 4 members (excludes halogenated alkanes) is 2. The van der Waals surface area contributed by atoms with Crippen LogP contribution in [-0.4, -0.2) is 15.8 Å². The van der Waals surface area contributed by atoms with Crippen LogP contribution in [0.15, 0.2) is 12.3 Å². The van der Waals surface area contributed by atoms with Crippen molar-refractivity contribution in [3.63, 3.8) is 0 Å². The molecule has 0 aliphatic carbocycles. The smallest absolute Gasteiger partial charge is 0.124 e. The maximum atomic E-state index is 4.34. The van der Waals surface area contributed by atoms with E-state index in [0.29, 0.717) is 6.04 Å². The number of anilines is 1. The molecule has 3 nitrogen and oxygen atoms in total. The second kappa shape index (κ2) is 7.31. The third-order valence-corrected chi connectivity index (χ3v) is 2.82. The van der Waals surface area contributed by atoms with Crippen LogP contribution in [0, 0.1) is 0 Å². The zero-order chi connectivity index (χ0) is 11.8. The van der Waals surface area contributed by atoms with Gasteiger partial charge in [0.1, 0.15) is 5.82 Å². The van der Waals surface area contributed by atoms with Crippen LogP contribution in [0.5, 0.6) is 0 Å². The molecule has 0 radical (unpaired) electrons. The molecule has 0 spiro atoms. The molecule has 16 heavy (non-hydrogen) atoms. The monoisotopic (exact) mass is 223 g/mol. The van der Waals surface area contributed by atoms with Gasteiger partial charge in [0.05, 0.1) is 6.20 Å². The Labute approximate surface area is 99.2 Å². The standard InChI is InChI=1S/C13H25N3/c1-4-6-8-12(3)15-13-9-10-14-16(13)11-7-5-2/h9-10,12,15H,4-8,11H2,1-3H3. The van der Waals surface area contributed by atoms with Crippen LogP contribution < -0.4 is 5.32 Å². The van der Waals surface area contributed by atoms with Crippen molar-refractivity contribution < 1.29 is 0 Å². The Balaban J connectivity index is 2.42. The van der Waals surface area contributed by atoms with Gasteiger partial charge >= 0.3 is 0 Å². The van der Waals surface area contributed by atoms with Gasteiger partial charge in [0.2, 0.25) is 0 Å². The summed E-state index contributed by atoms with van der Waals surface area (Å²) in [6.07, 6.45) is 8.07. The molecular weight excluding hydrogens is 198 g/mol. The van der Waals surface area contributed by atoms with E-state index in [4.69, 9.17) is 0 Å². The van der Waals surface area contributed by atoms with E-state index in [1.807, 2.05) is 6.20 Å². The van der Waals surface area contributed by atoms with Crippen LogP contribution in [0.1, 0.15) is 52.9 Å². The molecule has 0 aromatic carbocycles. The van der Waals surface area contributed by atoms with Crippen LogP contribution in [0.2, 0.25) is 0 Å². The summed E-state index contributed by atoms with van der Waals surface area (Å²) in [5, 5.41) is 7.88. The van der Waals surface area contributed by atoms with Crippen molar-refractivity contribution in [3.8, 4) is 0 Å². The third kappa shape index (κ3) is 4.25. The van der Waals surface area contributed by atoms with Gasteiger partial charge in [0.25, 0.3) is 0 Å². The van der Waals surface area contributed by atoms with Crippen molar-refractivity contribution in [3.05, 3.63) is 12.3 Å². The zero-order valence-electron chi connectivity index (χ0n) is 10.9. The van der Waals surface area contributed by atoms with Gasteiger partial charge < -0.3 is 5.32 Å². The van der Waals surface area contributed by atoms with Gasteiger partial charge in [-0.1, -0.05) is 33.1 Å². The van der Waals surface area contributed by atoms with Gasteiger partial charge in [-0.25, -0.2) is 4.68 Å². The first-order chi connectivity index (χ1) is 7.77. The molecule has 1 atom stereocenters. The van der Waals surface area contributed by atoms with Gasteiger partial charge in [0.15, 0.2) is 0 Å². The summed E-state index contributed by atoms with van der Waals surface area (Å²) in [5.74, 6) is 1.16. The summed E-state index contributed by atoms with van der Waals surface area (Å²) < 4.78 is 2.08. The van der Waals surface area contributed by atoms with Crippen LogP contribution in [0.25, 0.3) is 0 Å². The summed E-state index contributed by atoms with van der Waals surface area (Å²) in [5.41, 5.74) is 0. The number of hydrogen-bond acceptors (Lipinski definition) is 2. The van der Waals surface area contributed by atoms with Crippen LogP contribution in [-0.2, 0) is 6.54 Å². The molecule has 0 saturated carbocycles. The molecule has 1 unspecified atom stereocenters. The molecule has 3 heteroatoms. The summed E-state index contributed by atoms with van der Waals surface area (Å²) in [6, 6.07) is 2.61. The predicted molar refractivity (Wildman–Crippen MR) is 69.7 cm³/mol. The number of nitrogens with zero attached hydrogens (tertiary/aromatic N) is 2. The van der Waals surface area contributed by atoms with Gasteiger partial charge in [-0.2, -0.15) is 5.10 Å². The number of aryl methyl sites for hydroxylation is 1. The Hall–Kier alpha value is -0.990. The minimum absolute atomic E-state index is 0.539. The van der Waals surface area contributed by atoms with Gasteiger partial charge in [0, 0.05) is 18.7 Å². The fourth-order valence-corrected chi connectivity index (χ4v) is 1.78. The van der Waals surface area contributed by atoms with E-state index in [1.165, 1.54) is 32.1 Å². The van der Waals surface area contributed by atoms with Crippen molar-refractivity contribution >= 4 is 5.82 Å². The van der Waals surface area contributed by atoms with Crippen molar-refractivity contribution in [1.82, 2.24) is 9.78 Å². The quantitative estimate of drug-likeness (QED) is 0.728. The van der Waals surface area contributed by atoms with Gasteiger partial charge in [-0.05, 0) is 19.8 Å². The largest absolute Gasteiger partial charge is 0.368 e. The highest BCUT2D eigenvalue weighted by atomic mass is 15.3. The maximum absolute atomic E-state index is 4.34. The second-order valence-corrected chi connectivity index (χ2v) is 4.48. The zero-order valence-corrected chi connectivity index (χ0v) is 10.9. The molecule has 92 valence electrons. The summed E-state index contributed by atoms with van der Waals surface area (Å²) >= 11 is 0. The Morgan fingerprint density at radius 2 is 2.06 bits per heavy atom. The molecule has 0 fully saturated rings. The molecule has 0 aliphatic heterocycles. The van der Waals surface area contributed by atoms with Crippen molar-refractivity contribution in [2.45, 2.75) is 65.5 Å². The molecule has 0 amide bonds. The average molecular weight is 223 g/mol. The minimum atomic E-state index is 0.539. The van der Waals surface area contributed by atoms with Gasteiger partial charge in [-0.15, -0.1) is 0 Å². The lowest BCUT2D eigenvalue weighted by atomic mass is 10.1. The Kier molecular flexibility index (Phi) is 5.98. The van der Waals surface area contributed by atoms with Crippen LogP contribution in [0.3, 0.4) is 0 Å². The normalized spacial score (nSPS) is 12.7. The topological polar surface area (TPSA) is 29.9 Å². The molecule has 1 aromatic heterocycles. The average Bonchev–Trinajstić information content (AvgIpc) is 2.71. The molecular formula is C13H25N3. The lowest BCUT2D eigenvalue weighted by Crippen LogP contribution is -2.18. The molecule has 0 aliphatic rings. The highest BCUT2D eigenvalue weighted by Gasteiger charge is 2.05. The Bertz CT molecular complexity index is 280. The van der Waals surface area contributed by atoms with E-state index < -0.39 is 0 Å². The highest BCUT2D eigenvalue weighted by molar-refractivity contribution is 5.34. The molecule has 1 rings (SSSR count). The summed E-state index contributed by atoms with van der Waals surface area (Å²) in [6.45, 7) is 7.71. The minimum Gasteiger partial charge on any atom is -0.368 e. The van der Waals surface area contributed by atoms with E-state index >= 15 is 0 Å². The highest BCUT2D eigenvalue weighted by Crippen LogP contribution is 2.11. The maximum Gasteiger partial charge on any atom is 0.124 e. The molecule has 0 saturated heterocycles. The fourth-order valence-electron chi connectivity index (χ4n) is 1.78. The van der Waals surface area contributed by atoms with Crippen molar-refractivity contribution in [1.29, 1.82) is 0 Å². The van der Waals surface area contributed by atoms with Crippen LogP contribution in [0.4, 0.5) is 5.82 Å². The molecule has 0 bridgehead atoms.